The predicted octanol–water partition coefficient (Wildman–Crippen LogP) is 2.13. The molecular formula is C11H17F3N4O. The van der Waals surface area contributed by atoms with Crippen LogP contribution in [0, 0.1) is 13.8 Å². The first-order valence-corrected chi connectivity index (χ1v) is 5.75. The molecule has 1 aromatic heterocycles. The number of aromatic nitrogens is 2. The summed E-state index contributed by atoms with van der Waals surface area (Å²) in [6, 6.07) is 0. The maximum Gasteiger partial charge on any atom is 0.411 e. The topological polar surface area (TPSA) is 59.1 Å². The van der Waals surface area contributed by atoms with Gasteiger partial charge in [-0.25, -0.2) is 9.97 Å². The van der Waals surface area contributed by atoms with Gasteiger partial charge < -0.3 is 15.4 Å². The van der Waals surface area contributed by atoms with E-state index in [9.17, 15) is 13.2 Å². The van der Waals surface area contributed by atoms with E-state index in [1.807, 2.05) is 6.92 Å². The van der Waals surface area contributed by atoms with Crippen LogP contribution in [0.4, 0.5) is 24.8 Å². The van der Waals surface area contributed by atoms with Gasteiger partial charge in [0.15, 0.2) is 0 Å². The Balaban J connectivity index is 2.47. The number of alkyl halides is 3. The largest absolute Gasteiger partial charge is 0.411 e. The third kappa shape index (κ3) is 5.29. The molecule has 108 valence electrons. The van der Waals surface area contributed by atoms with Gasteiger partial charge in [-0.05, 0) is 13.8 Å². The molecule has 0 unspecified atom stereocenters. The number of nitrogens with one attached hydrogen (secondary N) is 2. The van der Waals surface area contributed by atoms with Gasteiger partial charge in [-0.2, -0.15) is 13.2 Å². The Labute approximate surface area is 109 Å². The lowest BCUT2D eigenvalue weighted by Crippen LogP contribution is -2.20. The van der Waals surface area contributed by atoms with E-state index < -0.39 is 12.8 Å². The molecule has 0 aliphatic heterocycles. The minimum atomic E-state index is -4.29. The van der Waals surface area contributed by atoms with Gasteiger partial charge in [-0.1, -0.05) is 0 Å². The zero-order chi connectivity index (χ0) is 14.5. The molecule has 5 nitrogen and oxygen atoms in total. The molecule has 0 aliphatic carbocycles. The van der Waals surface area contributed by atoms with Crippen LogP contribution in [0.25, 0.3) is 0 Å². The van der Waals surface area contributed by atoms with Crippen molar-refractivity contribution in [3.05, 3.63) is 11.4 Å². The van der Waals surface area contributed by atoms with E-state index in [1.165, 1.54) is 0 Å². The lowest BCUT2D eigenvalue weighted by Gasteiger charge is -2.13. The van der Waals surface area contributed by atoms with Crippen molar-refractivity contribution in [2.45, 2.75) is 20.0 Å². The summed E-state index contributed by atoms with van der Waals surface area (Å²) in [6.45, 7) is 2.53. The van der Waals surface area contributed by atoms with Crippen LogP contribution in [0.1, 0.15) is 11.4 Å². The summed E-state index contributed by atoms with van der Waals surface area (Å²) in [5, 5.41) is 5.86. The fourth-order valence-corrected chi connectivity index (χ4v) is 1.47. The Morgan fingerprint density at radius 1 is 1.16 bits per heavy atom. The zero-order valence-electron chi connectivity index (χ0n) is 11.1. The number of aryl methyl sites for hydroxylation is 1. The maximum absolute atomic E-state index is 11.8. The Morgan fingerprint density at radius 2 is 1.79 bits per heavy atom. The highest BCUT2D eigenvalue weighted by Gasteiger charge is 2.27. The summed E-state index contributed by atoms with van der Waals surface area (Å²) < 4.78 is 40.0. The van der Waals surface area contributed by atoms with E-state index in [-0.39, 0.29) is 13.2 Å². The molecule has 0 fully saturated rings. The van der Waals surface area contributed by atoms with E-state index >= 15 is 0 Å². The number of ether oxygens (including phenoxy) is 1. The average Bonchev–Trinajstić information content (AvgIpc) is 2.31. The molecule has 0 saturated heterocycles. The SMILES string of the molecule is CNc1nc(C)nc(NCCOCC(F)(F)F)c1C. The Bertz CT molecular complexity index is 423. The van der Waals surface area contributed by atoms with Crippen molar-refractivity contribution in [2.75, 3.05) is 37.4 Å². The lowest BCUT2D eigenvalue weighted by atomic mass is 10.3. The summed E-state index contributed by atoms with van der Waals surface area (Å²) in [4.78, 5) is 8.37. The second-order valence-electron chi connectivity index (χ2n) is 3.94. The van der Waals surface area contributed by atoms with Crippen molar-refractivity contribution < 1.29 is 17.9 Å². The fraction of sp³-hybridized carbons (Fsp3) is 0.636. The molecule has 1 aromatic rings. The van der Waals surface area contributed by atoms with Crippen LogP contribution < -0.4 is 10.6 Å². The van der Waals surface area contributed by atoms with Crippen molar-refractivity contribution in [3.63, 3.8) is 0 Å². The van der Waals surface area contributed by atoms with Gasteiger partial charge in [-0.15, -0.1) is 0 Å². The number of hydrogen-bond donors (Lipinski definition) is 2. The Kier molecular flexibility index (Phi) is 5.34. The highest BCUT2D eigenvalue weighted by molar-refractivity contribution is 5.56. The standard InChI is InChI=1S/C11H17F3N4O/c1-7-9(15-3)17-8(2)18-10(7)16-4-5-19-6-11(12,13)14/h4-6H2,1-3H3,(H2,15,16,17,18). The van der Waals surface area contributed by atoms with Gasteiger partial charge >= 0.3 is 6.18 Å². The second kappa shape index (κ2) is 6.55. The molecule has 1 heterocycles. The second-order valence-corrected chi connectivity index (χ2v) is 3.94. The molecule has 0 amide bonds. The van der Waals surface area contributed by atoms with Crippen LogP contribution >= 0.6 is 0 Å². The molecule has 0 radical (unpaired) electrons. The normalized spacial score (nSPS) is 11.5. The number of halogens is 3. The van der Waals surface area contributed by atoms with Crippen LogP contribution in [0.2, 0.25) is 0 Å². The lowest BCUT2D eigenvalue weighted by molar-refractivity contribution is -0.172. The highest BCUT2D eigenvalue weighted by Crippen LogP contribution is 2.19. The van der Waals surface area contributed by atoms with E-state index in [2.05, 4.69) is 25.3 Å². The van der Waals surface area contributed by atoms with Gasteiger partial charge in [0.05, 0.1) is 6.61 Å². The van der Waals surface area contributed by atoms with E-state index in [1.54, 1.807) is 14.0 Å². The molecule has 0 bridgehead atoms. The smallest absolute Gasteiger partial charge is 0.373 e. The number of anilines is 2. The highest BCUT2D eigenvalue weighted by atomic mass is 19.4. The maximum atomic E-state index is 11.8. The zero-order valence-corrected chi connectivity index (χ0v) is 11.1. The van der Waals surface area contributed by atoms with Crippen LogP contribution in [0.5, 0.6) is 0 Å². The quantitative estimate of drug-likeness (QED) is 0.781. The van der Waals surface area contributed by atoms with Gasteiger partial charge in [0.2, 0.25) is 0 Å². The van der Waals surface area contributed by atoms with Crippen molar-refractivity contribution in [2.24, 2.45) is 0 Å². The molecular weight excluding hydrogens is 261 g/mol. The molecule has 0 atom stereocenters. The predicted molar refractivity (Wildman–Crippen MR) is 66.4 cm³/mol. The van der Waals surface area contributed by atoms with E-state index in [0.717, 1.165) is 5.56 Å². The van der Waals surface area contributed by atoms with Crippen molar-refractivity contribution in [1.29, 1.82) is 0 Å². The first-order valence-electron chi connectivity index (χ1n) is 5.75. The number of rotatable bonds is 6. The van der Waals surface area contributed by atoms with E-state index in [4.69, 9.17) is 0 Å². The van der Waals surface area contributed by atoms with Gasteiger partial charge in [0.1, 0.15) is 24.1 Å². The third-order valence-corrected chi connectivity index (χ3v) is 2.30. The number of hydrogen-bond acceptors (Lipinski definition) is 5. The van der Waals surface area contributed by atoms with Crippen molar-refractivity contribution in [1.82, 2.24) is 9.97 Å². The monoisotopic (exact) mass is 278 g/mol. The number of nitrogens with zero attached hydrogens (tertiary/aromatic N) is 2. The summed E-state index contributed by atoms with van der Waals surface area (Å²) in [6.07, 6.45) is -4.29. The molecule has 8 heteroatoms. The summed E-state index contributed by atoms with van der Waals surface area (Å²) in [7, 11) is 1.74. The minimum Gasteiger partial charge on any atom is -0.373 e. The molecule has 0 spiro atoms. The third-order valence-electron chi connectivity index (χ3n) is 2.30. The summed E-state index contributed by atoms with van der Waals surface area (Å²) in [5.74, 6) is 1.85. The van der Waals surface area contributed by atoms with E-state index in [0.29, 0.717) is 17.5 Å². The first kappa shape index (κ1) is 15.5. The van der Waals surface area contributed by atoms with Gasteiger partial charge in [0.25, 0.3) is 0 Å². The van der Waals surface area contributed by atoms with Gasteiger partial charge in [0, 0.05) is 19.2 Å². The van der Waals surface area contributed by atoms with Crippen LogP contribution in [0.15, 0.2) is 0 Å². The van der Waals surface area contributed by atoms with Crippen LogP contribution in [0.3, 0.4) is 0 Å². The molecule has 2 N–H and O–H groups in total. The van der Waals surface area contributed by atoms with Gasteiger partial charge in [-0.3, -0.25) is 0 Å². The minimum absolute atomic E-state index is 0.0448. The Morgan fingerprint density at radius 3 is 2.37 bits per heavy atom. The van der Waals surface area contributed by atoms with Crippen LogP contribution in [-0.4, -0.2) is 43.0 Å². The molecule has 0 saturated carbocycles. The Hall–Kier alpha value is -1.57. The van der Waals surface area contributed by atoms with Crippen molar-refractivity contribution in [3.8, 4) is 0 Å². The molecule has 0 aromatic carbocycles. The fourth-order valence-electron chi connectivity index (χ4n) is 1.47. The summed E-state index contributed by atoms with van der Waals surface area (Å²) >= 11 is 0. The van der Waals surface area contributed by atoms with Crippen LogP contribution in [-0.2, 0) is 4.74 Å². The molecule has 0 aliphatic rings. The molecule has 1 rings (SSSR count). The average molecular weight is 278 g/mol. The molecule has 19 heavy (non-hydrogen) atoms. The van der Waals surface area contributed by atoms with Crippen molar-refractivity contribution >= 4 is 11.6 Å². The first-order chi connectivity index (χ1) is 8.83. The summed E-state index contributed by atoms with van der Waals surface area (Å²) in [5.41, 5.74) is 0.809.